The van der Waals surface area contributed by atoms with Gasteiger partial charge in [0.2, 0.25) is 0 Å². The molecule has 0 N–H and O–H groups in total. The number of rotatable bonds is 5. The summed E-state index contributed by atoms with van der Waals surface area (Å²) in [5, 5.41) is 1.84. The van der Waals surface area contributed by atoms with E-state index in [1.807, 2.05) is 12.1 Å². The molecule has 0 unspecified atom stereocenters. The van der Waals surface area contributed by atoms with Crippen LogP contribution in [0.5, 0.6) is 0 Å². The molecular formula is C36H30BrClN2. The van der Waals surface area contributed by atoms with Crippen LogP contribution in [-0.4, -0.2) is 4.57 Å². The van der Waals surface area contributed by atoms with Gasteiger partial charge in [-0.15, -0.1) is 0 Å². The van der Waals surface area contributed by atoms with E-state index in [2.05, 4.69) is 162 Å². The number of fused-ring (bicyclic) bond motifs is 1. The fourth-order valence-electron chi connectivity index (χ4n) is 5.25. The molecule has 0 aliphatic rings. The first-order valence-electron chi connectivity index (χ1n) is 13.4. The van der Waals surface area contributed by atoms with E-state index in [0.29, 0.717) is 5.02 Å². The molecule has 5 aromatic carbocycles. The van der Waals surface area contributed by atoms with Crippen LogP contribution >= 0.6 is 27.5 Å². The average Bonchev–Trinajstić information content (AvgIpc) is 3.30. The van der Waals surface area contributed by atoms with E-state index < -0.39 is 0 Å². The van der Waals surface area contributed by atoms with Crippen molar-refractivity contribution in [2.75, 3.05) is 4.90 Å². The summed E-state index contributed by atoms with van der Waals surface area (Å²) < 4.78 is 3.24. The molecule has 0 aliphatic heterocycles. The van der Waals surface area contributed by atoms with Crippen molar-refractivity contribution < 1.29 is 0 Å². The molecule has 198 valence electrons. The molecule has 0 fully saturated rings. The minimum absolute atomic E-state index is 0.0669. The maximum Gasteiger partial charge on any atom is 0.0540 e. The molecule has 4 heteroatoms. The maximum atomic E-state index is 6.87. The lowest BCUT2D eigenvalue weighted by atomic mass is 9.87. The Morgan fingerprint density at radius 3 is 2.12 bits per heavy atom. The van der Waals surface area contributed by atoms with Gasteiger partial charge in [0.1, 0.15) is 0 Å². The average molecular weight is 606 g/mol. The third-order valence-corrected chi connectivity index (χ3v) is 8.14. The maximum absolute atomic E-state index is 6.87. The number of benzene rings is 5. The molecule has 0 aliphatic carbocycles. The van der Waals surface area contributed by atoms with Gasteiger partial charge in [-0.25, -0.2) is 0 Å². The first-order valence-corrected chi connectivity index (χ1v) is 14.6. The lowest BCUT2D eigenvalue weighted by molar-refractivity contribution is 0.590. The number of halogens is 2. The standard InChI is InChI=1S/C36H30BrClN2/c1-36(2,3)26-17-19-28(20-18-26)40(35-16-10-7-13-31(35)25-11-5-4-6-12-25)30-22-27(38)21-29(23-30)39-24-33(37)32-14-8-9-15-34(32)39/h4-24H,1-3H3. The Bertz CT molecular complexity index is 1800. The van der Waals surface area contributed by atoms with Crippen LogP contribution in [0.25, 0.3) is 27.7 Å². The molecule has 1 heterocycles. The van der Waals surface area contributed by atoms with Crippen molar-refractivity contribution in [3.8, 4) is 16.8 Å². The fraction of sp³-hybridized carbons (Fsp3) is 0.111. The summed E-state index contributed by atoms with van der Waals surface area (Å²) >= 11 is 10.6. The number of aromatic nitrogens is 1. The van der Waals surface area contributed by atoms with Crippen LogP contribution < -0.4 is 4.90 Å². The summed E-state index contributed by atoms with van der Waals surface area (Å²) in [6.07, 6.45) is 2.11. The zero-order chi connectivity index (χ0) is 27.9. The molecule has 0 amide bonds. The van der Waals surface area contributed by atoms with Crippen LogP contribution in [0.2, 0.25) is 5.02 Å². The van der Waals surface area contributed by atoms with E-state index in [1.54, 1.807) is 0 Å². The second-order valence-corrected chi connectivity index (χ2v) is 12.3. The number of anilines is 3. The van der Waals surface area contributed by atoms with Crippen LogP contribution in [-0.2, 0) is 5.41 Å². The molecule has 0 spiro atoms. The van der Waals surface area contributed by atoms with Gasteiger partial charge in [0, 0.05) is 43.7 Å². The normalized spacial score (nSPS) is 11.6. The van der Waals surface area contributed by atoms with Crippen molar-refractivity contribution in [1.29, 1.82) is 0 Å². The molecule has 2 nitrogen and oxygen atoms in total. The van der Waals surface area contributed by atoms with Crippen molar-refractivity contribution in [3.05, 3.63) is 143 Å². The Balaban J connectivity index is 1.58. The number of hydrogen-bond donors (Lipinski definition) is 0. The molecule has 1 aromatic heterocycles. The summed E-state index contributed by atoms with van der Waals surface area (Å²) in [4.78, 5) is 2.31. The minimum atomic E-state index is 0.0669. The second kappa shape index (κ2) is 10.6. The SMILES string of the molecule is CC(C)(C)c1ccc(N(c2cc(Cl)cc(-n3cc(Br)c4ccccc43)c2)c2ccccc2-c2ccccc2)cc1. The molecule has 0 atom stereocenters. The largest absolute Gasteiger partial charge is 0.315 e. The van der Waals surface area contributed by atoms with Gasteiger partial charge in [0.25, 0.3) is 0 Å². The van der Waals surface area contributed by atoms with Crippen molar-refractivity contribution in [1.82, 2.24) is 4.57 Å². The van der Waals surface area contributed by atoms with Crippen molar-refractivity contribution in [2.45, 2.75) is 26.2 Å². The van der Waals surface area contributed by atoms with Crippen LogP contribution in [0.15, 0.2) is 132 Å². The van der Waals surface area contributed by atoms with Gasteiger partial charge in [-0.1, -0.05) is 111 Å². The first kappa shape index (κ1) is 26.4. The molecule has 6 aromatic rings. The predicted octanol–water partition coefficient (Wildman–Crippen LogP) is 11.5. The van der Waals surface area contributed by atoms with E-state index in [1.165, 1.54) is 5.56 Å². The minimum Gasteiger partial charge on any atom is -0.315 e. The van der Waals surface area contributed by atoms with E-state index in [-0.39, 0.29) is 5.41 Å². The highest BCUT2D eigenvalue weighted by Crippen LogP contribution is 2.43. The lowest BCUT2D eigenvalue weighted by Gasteiger charge is -2.29. The highest BCUT2D eigenvalue weighted by atomic mass is 79.9. The lowest BCUT2D eigenvalue weighted by Crippen LogP contribution is -2.14. The molecular weight excluding hydrogens is 576 g/mol. The van der Waals surface area contributed by atoms with Crippen LogP contribution in [0, 0.1) is 0 Å². The van der Waals surface area contributed by atoms with Gasteiger partial charge in [0.05, 0.1) is 11.2 Å². The predicted molar refractivity (Wildman–Crippen MR) is 175 cm³/mol. The molecule has 0 radical (unpaired) electrons. The summed E-state index contributed by atoms with van der Waals surface area (Å²) in [6.45, 7) is 6.73. The van der Waals surface area contributed by atoms with E-state index in [4.69, 9.17) is 11.6 Å². The third-order valence-electron chi connectivity index (χ3n) is 7.29. The zero-order valence-corrected chi connectivity index (χ0v) is 25.1. The quantitative estimate of drug-likeness (QED) is 0.190. The van der Waals surface area contributed by atoms with E-state index in [9.17, 15) is 0 Å². The Kier molecular flexibility index (Phi) is 7.04. The summed E-state index contributed by atoms with van der Waals surface area (Å²) in [5.74, 6) is 0. The Labute approximate surface area is 249 Å². The Morgan fingerprint density at radius 2 is 1.38 bits per heavy atom. The molecule has 40 heavy (non-hydrogen) atoms. The van der Waals surface area contributed by atoms with Gasteiger partial charge >= 0.3 is 0 Å². The fourth-order valence-corrected chi connectivity index (χ4v) is 6.01. The Hall–Kier alpha value is -3.79. The first-order chi connectivity index (χ1) is 19.3. The number of hydrogen-bond acceptors (Lipinski definition) is 1. The summed E-state index contributed by atoms with van der Waals surface area (Å²) in [6, 6.07) is 42.7. The monoisotopic (exact) mass is 604 g/mol. The van der Waals surface area contributed by atoms with Gasteiger partial charge in [-0.2, -0.15) is 0 Å². The van der Waals surface area contributed by atoms with E-state index in [0.717, 1.165) is 49.3 Å². The number of para-hydroxylation sites is 2. The summed E-state index contributed by atoms with van der Waals surface area (Å²) in [5.41, 5.74) is 8.94. The third kappa shape index (κ3) is 5.08. The van der Waals surface area contributed by atoms with Gasteiger partial charge in [0.15, 0.2) is 0 Å². The van der Waals surface area contributed by atoms with E-state index >= 15 is 0 Å². The van der Waals surface area contributed by atoms with Crippen LogP contribution in [0.1, 0.15) is 26.3 Å². The molecule has 6 rings (SSSR count). The smallest absolute Gasteiger partial charge is 0.0540 e. The molecule has 0 saturated heterocycles. The summed E-state index contributed by atoms with van der Waals surface area (Å²) in [7, 11) is 0. The molecule has 0 bridgehead atoms. The Morgan fingerprint density at radius 1 is 0.700 bits per heavy atom. The van der Waals surface area contributed by atoms with Gasteiger partial charge in [-0.3, -0.25) is 0 Å². The highest BCUT2D eigenvalue weighted by Gasteiger charge is 2.20. The topological polar surface area (TPSA) is 8.17 Å². The molecule has 0 saturated carbocycles. The van der Waals surface area contributed by atoms with Gasteiger partial charge in [-0.05, 0) is 74.9 Å². The number of nitrogens with zero attached hydrogens (tertiary/aromatic N) is 2. The van der Waals surface area contributed by atoms with Crippen molar-refractivity contribution in [2.24, 2.45) is 0 Å². The van der Waals surface area contributed by atoms with Crippen LogP contribution in [0.3, 0.4) is 0 Å². The van der Waals surface area contributed by atoms with Crippen molar-refractivity contribution >= 4 is 55.5 Å². The highest BCUT2D eigenvalue weighted by molar-refractivity contribution is 9.10. The zero-order valence-electron chi connectivity index (χ0n) is 22.8. The second-order valence-electron chi connectivity index (χ2n) is 11.0. The van der Waals surface area contributed by atoms with Crippen LogP contribution in [0.4, 0.5) is 17.1 Å². The van der Waals surface area contributed by atoms with Gasteiger partial charge < -0.3 is 9.47 Å². The van der Waals surface area contributed by atoms with Crippen molar-refractivity contribution in [3.63, 3.8) is 0 Å².